The third-order valence-corrected chi connectivity index (χ3v) is 6.13. The van der Waals surface area contributed by atoms with Gasteiger partial charge in [0.25, 0.3) is 0 Å². The highest BCUT2D eigenvalue weighted by atomic mass is 16.4. The quantitative estimate of drug-likeness (QED) is 0.868. The molecule has 1 unspecified atom stereocenters. The van der Waals surface area contributed by atoms with Gasteiger partial charge < -0.3 is 5.11 Å². The van der Waals surface area contributed by atoms with Crippen LogP contribution in [0.15, 0.2) is 0 Å². The molecular weight excluding hydrogens is 264 g/mol. The first-order valence-electron chi connectivity index (χ1n) is 8.79. The third kappa shape index (κ3) is 3.26. The van der Waals surface area contributed by atoms with Gasteiger partial charge in [0.15, 0.2) is 0 Å². The number of hydrogen-bond acceptors (Lipinski definition) is 3. The van der Waals surface area contributed by atoms with Crippen LogP contribution in [0.25, 0.3) is 0 Å². The lowest BCUT2D eigenvalue weighted by Gasteiger charge is -2.47. The molecule has 2 saturated heterocycles. The van der Waals surface area contributed by atoms with Crippen LogP contribution in [0.3, 0.4) is 0 Å². The molecule has 0 spiro atoms. The zero-order chi connectivity index (χ0) is 14.9. The molecule has 0 aromatic rings. The minimum atomic E-state index is -0.555. The number of piperazine rings is 1. The van der Waals surface area contributed by atoms with E-state index in [1.165, 1.54) is 25.8 Å². The van der Waals surface area contributed by atoms with Gasteiger partial charge >= 0.3 is 5.97 Å². The van der Waals surface area contributed by atoms with Crippen molar-refractivity contribution in [3.05, 3.63) is 0 Å². The van der Waals surface area contributed by atoms with Crippen molar-refractivity contribution < 1.29 is 9.90 Å². The van der Waals surface area contributed by atoms with E-state index in [1.54, 1.807) is 0 Å². The van der Waals surface area contributed by atoms with E-state index in [2.05, 4.69) is 16.7 Å². The zero-order valence-corrected chi connectivity index (χ0v) is 13.4. The van der Waals surface area contributed by atoms with Gasteiger partial charge in [0.05, 0.1) is 5.41 Å². The number of hydrogen-bond donors (Lipinski definition) is 1. The standard InChI is InChI=1S/C17H30N2O2/c1-14-5-7-17(8-6-14,16(20)21)13-18-10-11-19-9-3-2-4-15(19)12-18/h14-15H,2-13H2,1H3,(H,20,21). The maximum atomic E-state index is 11.9. The van der Waals surface area contributed by atoms with Crippen LogP contribution >= 0.6 is 0 Å². The van der Waals surface area contributed by atoms with Crippen LogP contribution in [0, 0.1) is 11.3 Å². The molecule has 1 N–H and O–H groups in total. The van der Waals surface area contributed by atoms with E-state index in [0.29, 0.717) is 12.0 Å². The number of carbonyl (C=O) groups is 1. The molecule has 0 amide bonds. The first kappa shape index (κ1) is 15.3. The van der Waals surface area contributed by atoms with Crippen molar-refractivity contribution in [1.82, 2.24) is 9.80 Å². The molecule has 0 aromatic heterocycles. The fourth-order valence-electron chi connectivity index (χ4n) is 4.55. The van der Waals surface area contributed by atoms with Crippen molar-refractivity contribution in [3.63, 3.8) is 0 Å². The zero-order valence-electron chi connectivity index (χ0n) is 13.4. The predicted molar refractivity (Wildman–Crippen MR) is 83.4 cm³/mol. The van der Waals surface area contributed by atoms with Gasteiger partial charge in [-0.1, -0.05) is 13.3 Å². The van der Waals surface area contributed by atoms with Crippen LogP contribution in [0.1, 0.15) is 51.9 Å². The largest absolute Gasteiger partial charge is 0.481 e. The lowest BCUT2D eigenvalue weighted by molar-refractivity contribution is -0.153. The molecule has 2 aliphatic heterocycles. The summed E-state index contributed by atoms with van der Waals surface area (Å²) in [4.78, 5) is 17.0. The summed E-state index contributed by atoms with van der Waals surface area (Å²) in [6.07, 6.45) is 7.88. The van der Waals surface area contributed by atoms with Gasteiger partial charge in [-0.05, 0) is 51.0 Å². The van der Waals surface area contributed by atoms with E-state index in [1.807, 2.05) is 0 Å². The highest BCUT2D eigenvalue weighted by molar-refractivity contribution is 5.75. The van der Waals surface area contributed by atoms with E-state index < -0.39 is 11.4 Å². The van der Waals surface area contributed by atoms with Gasteiger partial charge in [-0.2, -0.15) is 0 Å². The molecule has 21 heavy (non-hydrogen) atoms. The number of fused-ring (bicyclic) bond motifs is 1. The minimum Gasteiger partial charge on any atom is -0.481 e. The molecule has 3 rings (SSSR count). The van der Waals surface area contributed by atoms with Crippen molar-refractivity contribution >= 4 is 5.97 Å². The molecule has 4 heteroatoms. The van der Waals surface area contributed by atoms with E-state index >= 15 is 0 Å². The SMILES string of the molecule is CC1CCC(CN2CCN3CCCCC3C2)(C(=O)O)CC1. The molecular formula is C17H30N2O2. The fourth-order valence-corrected chi connectivity index (χ4v) is 4.55. The Morgan fingerprint density at radius 1 is 1.14 bits per heavy atom. The summed E-state index contributed by atoms with van der Waals surface area (Å²) in [6.45, 7) is 7.56. The number of rotatable bonds is 3. The highest BCUT2D eigenvalue weighted by Crippen LogP contribution is 2.40. The van der Waals surface area contributed by atoms with Crippen molar-refractivity contribution in [3.8, 4) is 0 Å². The Hall–Kier alpha value is -0.610. The van der Waals surface area contributed by atoms with Crippen molar-refractivity contribution in [2.24, 2.45) is 11.3 Å². The number of nitrogens with zero attached hydrogens (tertiary/aromatic N) is 2. The Balaban J connectivity index is 1.62. The van der Waals surface area contributed by atoms with Crippen LogP contribution in [-0.2, 0) is 4.79 Å². The topological polar surface area (TPSA) is 43.8 Å². The molecule has 4 nitrogen and oxygen atoms in total. The van der Waals surface area contributed by atoms with Crippen molar-refractivity contribution in [2.45, 2.75) is 57.9 Å². The van der Waals surface area contributed by atoms with Gasteiger partial charge in [0.1, 0.15) is 0 Å². The molecule has 3 aliphatic rings. The van der Waals surface area contributed by atoms with Crippen LogP contribution < -0.4 is 0 Å². The number of piperidine rings is 1. The Bertz CT molecular complexity index is 377. The molecule has 1 aliphatic carbocycles. The minimum absolute atomic E-state index is 0.469. The van der Waals surface area contributed by atoms with Gasteiger partial charge in [-0.25, -0.2) is 0 Å². The summed E-state index contributed by atoms with van der Waals surface area (Å²) in [5.41, 5.74) is -0.469. The van der Waals surface area contributed by atoms with Gasteiger partial charge in [0.2, 0.25) is 0 Å². The number of carboxylic acid groups (broad SMARTS) is 1. The van der Waals surface area contributed by atoms with Gasteiger partial charge in [0, 0.05) is 32.2 Å². The second-order valence-corrected chi connectivity index (χ2v) is 7.69. The van der Waals surface area contributed by atoms with Gasteiger partial charge in [-0.3, -0.25) is 14.6 Å². The first-order valence-corrected chi connectivity index (χ1v) is 8.79. The smallest absolute Gasteiger partial charge is 0.310 e. The molecule has 120 valence electrons. The van der Waals surface area contributed by atoms with E-state index in [4.69, 9.17) is 0 Å². The summed E-state index contributed by atoms with van der Waals surface area (Å²) in [6, 6.07) is 0.681. The summed E-state index contributed by atoms with van der Waals surface area (Å²) in [5.74, 6) is 0.146. The van der Waals surface area contributed by atoms with Crippen molar-refractivity contribution in [1.29, 1.82) is 0 Å². The summed E-state index contributed by atoms with van der Waals surface area (Å²) in [5, 5.41) is 9.80. The van der Waals surface area contributed by atoms with Crippen LogP contribution in [0.4, 0.5) is 0 Å². The van der Waals surface area contributed by atoms with E-state index in [9.17, 15) is 9.90 Å². The fraction of sp³-hybridized carbons (Fsp3) is 0.941. The van der Waals surface area contributed by atoms with Crippen LogP contribution in [0.5, 0.6) is 0 Å². The Morgan fingerprint density at radius 3 is 2.62 bits per heavy atom. The second-order valence-electron chi connectivity index (χ2n) is 7.69. The van der Waals surface area contributed by atoms with E-state index in [-0.39, 0.29) is 0 Å². The van der Waals surface area contributed by atoms with Crippen LogP contribution in [-0.4, -0.2) is 59.6 Å². The van der Waals surface area contributed by atoms with Crippen LogP contribution in [0.2, 0.25) is 0 Å². The lowest BCUT2D eigenvalue weighted by atomic mass is 9.70. The van der Waals surface area contributed by atoms with Gasteiger partial charge in [-0.15, -0.1) is 0 Å². The normalized spacial score (nSPS) is 38.9. The summed E-state index contributed by atoms with van der Waals surface area (Å²) >= 11 is 0. The maximum Gasteiger partial charge on any atom is 0.310 e. The summed E-state index contributed by atoms with van der Waals surface area (Å²) in [7, 11) is 0. The first-order chi connectivity index (χ1) is 10.1. The maximum absolute atomic E-state index is 11.9. The average Bonchev–Trinajstić information content (AvgIpc) is 2.49. The number of carboxylic acids is 1. The molecule has 3 fully saturated rings. The Kier molecular flexibility index (Phi) is 4.55. The van der Waals surface area contributed by atoms with Crippen molar-refractivity contribution in [2.75, 3.05) is 32.7 Å². The third-order valence-electron chi connectivity index (χ3n) is 6.13. The highest BCUT2D eigenvalue weighted by Gasteiger charge is 2.43. The molecule has 1 atom stereocenters. The summed E-state index contributed by atoms with van der Waals surface area (Å²) < 4.78 is 0. The second kappa shape index (κ2) is 6.25. The molecule has 0 bridgehead atoms. The molecule has 2 heterocycles. The molecule has 0 aromatic carbocycles. The Labute approximate surface area is 128 Å². The molecule has 1 saturated carbocycles. The Morgan fingerprint density at radius 2 is 1.90 bits per heavy atom. The lowest BCUT2D eigenvalue weighted by Crippen LogP contribution is -2.57. The number of aliphatic carboxylic acids is 1. The average molecular weight is 294 g/mol. The molecule has 0 radical (unpaired) electrons. The van der Waals surface area contributed by atoms with E-state index in [0.717, 1.165) is 51.9 Å². The predicted octanol–water partition coefficient (Wildman–Crippen LogP) is 2.44. The monoisotopic (exact) mass is 294 g/mol.